The van der Waals surface area contributed by atoms with Crippen LogP contribution in [0.2, 0.25) is 0 Å². The molecule has 0 aliphatic heterocycles. The third kappa shape index (κ3) is 50.0. The fourth-order valence-corrected chi connectivity index (χ4v) is 7.53. The Morgan fingerprint density at radius 2 is 0.619 bits per heavy atom. The van der Waals surface area contributed by atoms with Crippen molar-refractivity contribution in [1.29, 1.82) is 0 Å². The van der Waals surface area contributed by atoms with Gasteiger partial charge in [-0.15, -0.1) is 0 Å². The summed E-state index contributed by atoms with van der Waals surface area (Å²) in [5, 5.41) is 0. The topological polar surface area (TPSA) is 78.9 Å². The van der Waals surface area contributed by atoms with Gasteiger partial charge in [0.05, 0.1) is 0 Å². The summed E-state index contributed by atoms with van der Waals surface area (Å²) in [5.41, 5.74) is 0. The highest BCUT2D eigenvalue weighted by Crippen LogP contribution is 2.15. The predicted octanol–water partition coefficient (Wildman–Crippen LogP) is 17.6. The summed E-state index contributed by atoms with van der Waals surface area (Å²) in [6.07, 6.45) is 63.6. The molecule has 1 unspecified atom stereocenters. The van der Waals surface area contributed by atoms with Crippen molar-refractivity contribution in [2.24, 2.45) is 0 Å². The average Bonchev–Trinajstić information content (AvgIpc) is 3.28. The second kappa shape index (κ2) is 51.7. The molecule has 63 heavy (non-hydrogen) atoms. The Morgan fingerprint density at radius 1 is 0.333 bits per heavy atom. The van der Waals surface area contributed by atoms with Crippen LogP contribution in [0.3, 0.4) is 0 Å². The lowest BCUT2D eigenvalue weighted by Crippen LogP contribution is -2.30. The Morgan fingerprint density at radius 3 is 0.968 bits per heavy atom. The van der Waals surface area contributed by atoms with Crippen LogP contribution in [0, 0.1) is 0 Å². The van der Waals surface area contributed by atoms with Crippen molar-refractivity contribution in [3.63, 3.8) is 0 Å². The normalized spacial score (nSPS) is 12.5. The van der Waals surface area contributed by atoms with E-state index in [0.29, 0.717) is 19.3 Å². The molecular formula is C57H100O6. The number of ether oxygens (including phenoxy) is 3. The van der Waals surface area contributed by atoms with Gasteiger partial charge in [0.25, 0.3) is 0 Å². The third-order valence-electron chi connectivity index (χ3n) is 11.5. The minimum Gasteiger partial charge on any atom is -0.462 e. The summed E-state index contributed by atoms with van der Waals surface area (Å²) in [6, 6.07) is 0. The summed E-state index contributed by atoms with van der Waals surface area (Å²) < 4.78 is 16.8. The first kappa shape index (κ1) is 60.1. The first-order valence-electron chi connectivity index (χ1n) is 26.8. The number of hydrogen-bond donors (Lipinski definition) is 0. The second-order valence-electron chi connectivity index (χ2n) is 17.8. The predicted molar refractivity (Wildman–Crippen MR) is 270 cm³/mol. The van der Waals surface area contributed by atoms with Crippen LogP contribution in [0.25, 0.3) is 0 Å². The molecule has 0 saturated heterocycles. The summed E-state index contributed by atoms with van der Waals surface area (Å²) in [7, 11) is 0. The highest BCUT2D eigenvalue weighted by molar-refractivity contribution is 5.71. The van der Waals surface area contributed by atoms with E-state index in [1.54, 1.807) is 0 Å². The lowest BCUT2D eigenvalue weighted by atomic mass is 10.1. The zero-order valence-corrected chi connectivity index (χ0v) is 41.6. The summed E-state index contributed by atoms with van der Waals surface area (Å²) in [5.74, 6) is -0.876. The second-order valence-corrected chi connectivity index (χ2v) is 17.8. The van der Waals surface area contributed by atoms with Gasteiger partial charge in [0.1, 0.15) is 13.2 Å². The van der Waals surface area contributed by atoms with Crippen molar-refractivity contribution in [3.8, 4) is 0 Å². The van der Waals surface area contributed by atoms with Crippen molar-refractivity contribution >= 4 is 17.9 Å². The first-order chi connectivity index (χ1) is 31.0. The fourth-order valence-electron chi connectivity index (χ4n) is 7.53. The van der Waals surface area contributed by atoms with Gasteiger partial charge in [-0.25, -0.2) is 0 Å². The first-order valence-corrected chi connectivity index (χ1v) is 26.8. The molecule has 0 bridgehead atoms. The fraction of sp³-hybridized carbons (Fsp3) is 0.772. The largest absolute Gasteiger partial charge is 0.462 e. The molecule has 0 aliphatic rings. The van der Waals surface area contributed by atoms with E-state index in [-0.39, 0.29) is 31.1 Å². The maximum Gasteiger partial charge on any atom is 0.306 e. The summed E-state index contributed by atoms with van der Waals surface area (Å²) in [6.45, 7) is 6.50. The number of hydrogen-bond acceptors (Lipinski definition) is 6. The van der Waals surface area contributed by atoms with Crippen LogP contribution in [0.15, 0.2) is 60.8 Å². The van der Waals surface area contributed by atoms with E-state index in [4.69, 9.17) is 14.2 Å². The van der Waals surface area contributed by atoms with Crippen LogP contribution < -0.4 is 0 Å². The van der Waals surface area contributed by atoms with E-state index >= 15 is 0 Å². The minimum absolute atomic E-state index is 0.0725. The molecular weight excluding hydrogens is 781 g/mol. The minimum atomic E-state index is -0.770. The number of carbonyl (C=O) groups is 3. The number of allylic oxidation sites excluding steroid dienone is 10. The zero-order chi connectivity index (χ0) is 45.8. The van der Waals surface area contributed by atoms with Crippen LogP contribution in [0.4, 0.5) is 0 Å². The monoisotopic (exact) mass is 881 g/mol. The number of unbranched alkanes of at least 4 members (excludes halogenated alkanes) is 27. The van der Waals surface area contributed by atoms with E-state index in [1.165, 1.54) is 128 Å². The van der Waals surface area contributed by atoms with Gasteiger partial charge in [-0.05, 0) is 64.2 Å². The molecule has 0 radical (unpaired) electrons. The standard InChI is InChI=1S/C57H100O6/c1-4-7-10-13-16-19-21-22-23-24-25-26-27-28-29-30-31-32-33-34-36-38-41-44-47-50-56(59)62-53-54(52-61-55(58)49-46-43-40-37-18-15-12-9-6-3)63-57(60)51-48-45-42-39-35-20-17-14-11-8-5-2/h7,10,16,19,22-23,25-26,28-29,54H,4-6,8-9,11-15,17-18,20-21,24,27,30-53H2,1-3H3/b10-7-,19-16-,23-22-,26-25-,29-28-. The van der Waals surface area contributed by atoms with E-state index < -0.39 is 6.10 Å². The van der Waals surface area contributed by atoms with Gasteiger partial charge in [-0.1, -0.05) is 242 Å². The Labute approximate surface area is 390 Å². The van der Waals surface area contributed by atoms with E-state index in [0.717, 1.165) is 96.3 Å². The van der Waals surface area contributed by atoms with Gasteiger partial charge in [-0.2, -0.15) is 0 Å². The van der Waals surface area contributed by atoms with Gasteiger partial charge in [0, 0.05) is 19.3 Å². The highest BCUT2D eigenvalue weighted by atomic mass is 16.6. The van der Waals surface area contributed by atoms with Gasteiger partial charge in [0.15, 0.2) is 6.10 Å². The molecule has 0 amide bonds. The number of carbonyl (C=O) groups excluding carboxylic acids is 3. The maximum atomic E-state index is 12.7. The molecule has 0 rings (SSSR count). The number of esters is 3. The van der Waals surface area contributed by atoms with Gasteiger partial charge in [0.2, 0.25) is 0 Å². The molecule has 0 aliphatic carbocycles. The molecule has 6 heteroatoms. The third-order valence-corrected chi connectivity index (χ3v) is 11.5. The van der Waals surface area contributed by atoms with Crippen LogP contribution in [-0.2, 0) is 28.6 Å². The molecule has 0 aromatic heterocycles. The van der Waals surface area contributed by atoms with Crippen molar-refractivity contribution in [2.45, 2.75) is 271 Å². The van der Waals surface area contributed by atoms with E-state index in [2.05, 4.69) is 81.5 Å². The molecule has 0 aromatic rings. The summed E-state index contributed by atoms with van der Waals surface area (Å²) >= 11 is 0. The summed E-state index contributed by atoms with van der Waals surface area (Å²) in [4.78, 5) is 37.9. The van der Waals surface area contributed by atoms with E-state index in [9.17, 15) is 14.4 Å². The maximum absolute atomic E-state index is 12.7. The smallest absolute Gasteiger partial charge is 0.306 e. The molecule has 0 aromatic carbocycles. The van der Waals surface area contributed by atoms with Crippen LogP contribution in [0.1, 0.15) is 265 Å². The number of rotatable bonds is 48. The Hall–Kier alpha value is -2.89. The zero-order valence-electron chi connectivity index (χ0n) is 41.6. The van der Waals surface area contributed by atoms with Crippen molar-refractivity contribution in [3.05, 3.63) is 60.8 Å². The van der Waals surface area contributed by atoms with Crippen molar-refractivity contribution in [1.82, 2.24) is 0 Å². The van der Waals surface area contributed by atoms with Crippen LogP contribution >= 0.6 is 0 Å². The Bertz CT molecular complexity index is 1150. The average molecular weight is 881 g/mol. The van der Waals surface area contributed by atoms with Gasteiger partial charge in [-0.3, -0.25) is 14.4 Å². The lowest BCUT2D eigenvalue weighted by Gasteiger charge is -2.18. The lowest BCUT2D eigenvalue weighted by molar-refractivity contribution is -0.167. The van der Waals surface area contributed by atoms with Crippen LogP contribution in [-0.4, -0.2) is 37.2 Å². The Kier molecular flexibility index (Phi) is 49.4. The van der Waals surface area contributed by atoms with Gasteiger partial charge >= 0.3 is 17.9 Å². The van der Waals surface area contributed by atoms with Crippen molar-refractivity contribution in [2.75, 3.05) is 13.2 Å². The molecule has 6 nitrogen and oxygen atoms in total. The molecule has 0 fully saturated rings. The van der Waals surface area contributed by atoms with Crippen molar-refractivity contribution < 1.29 is 28.6 Å². The molecule has 0 spiro atoms. The SMILES string of the molecule is CC/C=C\C/C=C\C/C=C\C/C=C\C/C=C\CCCCCCCCCCCC(=O)OCC(COC(=O)CCCCCCCCCCC)OC(=O)CCCCCCCCCCCCC. The molecule has 0 saturated carbocycles. The highest BCUT2D eigenvalue weighted by Gasteiger charge is 2.19. The molecule has 0 N–H and O–H groups in total. The molecule has 364 valence electrons. The van der Waals surface area contributed by atoms with Crippen LogP contribution in [0.5, 0.6) is 0 Å². The van der Waals surface area contributed by atoms with E-state index in [1.807, 2.05) is 0 Å². The quantitative estimate of drug-likeness (QED) is 0.0262. The van der Waals surface area contributed by atoms with Gasteiger partial charge < -0.3 is 14.2 Å². The molecule has 0 heterocycles. The Balaban J connectivity index is 4.19. The molecule has 1 atom stereocenters.